The Balaban J connectivity index is 2.00. The van der Waals surface area contributed by atoms with Gasteiger partial charge in [-0.05, 0) is 19.8 Å². The van der Waals surface area contributed by atoms with Gasteiger partial charge in [0.25, 0.3) is 0 Å². The van der Waals surface area contributed by atoms with E-state index in [2.05, 4.69) is 4.98 Å². The van der Waals surface area contributed by atoms with Crippen molar-refractivity contribution < 1.29 is 4.79 Å². The third-order valence-electron chi connectivity index (χ3n) is 3.33. The topological polar surface area (TPSA) is 59.2 Å². The van der Waals surface area contributed by atoms with E-state index in [1.165, 1.54) is 0 Å². The second-order valence-corrected chi connectivity index (χ2v) is 5.94. The molecule has 1 aromatic heterocycles. The van der Waals surface area contributed by atoms with Crippen LogP contribution >= 0.6 is 11.3 Å². The van der Waals surface area contributed by atoms with E-state index in [0.29, 0.717) is 6.54 Å². The minimum atomic E-state index is -0.625. The van der Waals surface area contributed by atoms with Crippen LogP contribution in [0.1, 0.15) is 36.4 Å². The fourth-order valence-corrected chi connectivity index (χ4v) is 3.00. The van der Waals surface area contributed by atoms with E-state index in [0.717, 1.165) is 36.4 Å². The molecule has 1 aliphatic rings. The van der Waals surface area contributed by atoms with Gasteiger partial charge in [0, 0.05) is 12.4 Å². The van der Waals surface area contributed by atoms with Crippen molar-refractivity contribution in [1.29, 1.82) is 0 Å². The van der Waals surface area contributed by atoms with Gasteiger partial charge >= 0.3 is 0 Å². The molecular formula is C12H19N3OS. The molecule has 17 heavy (non-hydrogen) atoms. The molecule has 1 aromatic rings. The van der Waals surface area contributed by atoms with Gasteiger partial charge in [-0.3, -0.25) is 4.79 Å². The molecule has 0 radical (unpaired) electrons. The van der Waals surface area contributed by atoms with E-state index in [4.69, 9.17) is 5.73 Å². The van der Waals surface area contributed by atoms with Gasteiger partial charge in [-0.1, -0.05) is 12.8 Å². The van der Waals surface area contributed by atoms with Crippen molar-refractivity contribution in [3.05, 3.63) is 16.1 Å². The van der Waals surface area contributed by atoms with Crippen molar-refractivity contribution >= 4 is 17.2 Å². The molecule has 0 atom stereocenters. The van der Waals surface area contributed by atoms with Crippen LogP contribution in [-0.4, -0.2) is 28.4 Å². The molecule has 4 nitrogen and oxygen atoms in total. The van der Waals surface area contributed by atoms with Crippen LogP contribution in [0.5, 0.6) is 0 Å². The van der Waals surface area contributed by atoms with E-state index in [-0.39, 0.29) is 5.91 Å². The average molecular weight is 253 g/mol. The van der Waals surface area contributed by atoms with Gasteiger partial charge in [-0.2, -0.15) is 0 Å². The summed E-state index contributed by atoms with van der Waals surface area (Å²) in [5.74, 6) is 0.0562. The number of aromatic nitrogens is 1. The van der Waals surface area contributed by atoms with E-state index < -0.39 is 5.54 Å². The lowest BCUT2D eigenvalue weighted by Gasteiger charge is -2.28. The Morgan fingerprint density at radius 2 is 2.24 bits per heavy atom. The van der Waals surface area contributed by atoms with Gasteiger partial charge in [0.15, 0.2) is 0 Å². The highest BCUT2D eigenvalue weighted by molar-refractivity contribution is 7.09. The van der Waals surface area contributed by atoms with Crippen molar-refractivity contribution in [2.24, 2.45) is 5.73 Å². The van der Waals surface area contributed by atoms with Crippen molar-refractivity contribution in [2.75, 3.05) is 7.05 Å². The number of aryl methyl sites for hydroxylation is 1. The van der Waals surface area contributed by atoms with Gasteiger partial charge in [0.2, 0.25) is 5.91 Å². The first kappa shape index (κ1) is 12.5. The molecule has 1 aliphatic carbocycles. The quantitative estimate of drug-likeness (QED) is 0.891. The molecule has 1 amide bonds. The molecule has 0 aliphatic heterocycles. The largest absolute Gasteiger partial charge is 0.338 e. The summed E-state index contributed by atoms with van der Waals surface area (Å²) >= 11 is 1.61. The molecule has 0 bridgehead atoms. The van der Waals surface area contributed by atoms with Crippen LogP contribution in [0.25, 0.3) is 0 Å². The maximum absolute atomic E-state index is 12.3. The Kier molecular flexibility index (Phi) is 3.49. The van der Waals surface area contributed by atoms with E-state index >= 15 is 0 Å². The van der Waals surface area contributed by atoms with Crippen molar-refractivity contribution in [2.45, 2.75) is 44.7 Å². The molecule has 0 aromatic carbocycles. The Hall–Kier alpha value is -0.940. The molecule has 0 spiro atoms. The fourth-order valence-electron chi connectivity index (χ4n) is 2.40. The number of carbonyl (C=O) groups is 1. The maximum atomic E-state index is 12.3. The molecule has 2 N–H and O–H groups in total. The van der Waals surface area contributed by atoms with E-state index in [1.54, 1.807) is 16.2 Å². The Morgan fingerprint density at radius 1 is 1.59 bits per heavy atom. The summed E-state index contributed by atoms with van der Waals surface area (Å²) in [5, 5.41) is 3.03. The summed E-state index contributed by atoms with van der Waals surface area (Å²) in [7, 11) is 1.81. The first-order valence-corrected chi connectivity index (χ1v) is 6.85. The predicted octanol–water partition coefficient (Wildman–Crippen LogP) is 1.68. The molecular weight excluding hydrogens is 234 g/mol. The van der Waals surface area contributed by atoms with Gasteiger partial charge in [0.1, 0.15) is 0 Å². The van der Waals surface area contributed by atoms with Crippen molar-refractivity contribution in [1.82, 2.24) is 9.88 Å². The molecule has 1 saturated carbocycles. The lowest BCUT2D eigenvalue weighted by Crippen LogP contribution is -2.52. The first-order chi connectivity index (χ1) is 8.01. The van der Waals surface area contributed by atoms with Crippen LogP contribution in [0.4, 0.5) is 0 Å². The predicted molar refractivity (Wildman–Crippen MR) is 68.7 cm³/mol. The summed E-state index contributed by atoms with van der Waals surface area (Å²) < 4.78 is 0. The highest BCUT2D eigenvalue weighted by Gasteiger charge is 2.38. The number of carbonyl (C=O) groups excluding carboxylic acids is 1. The number of hydrogen-bond donors (Lipinski definition) is 1. The van der Waals surface area contributed by atoms with E-state index in [9.17, 15) is 4.79 Å². The number of amides is 1. The lowest BCUT2D eigenvalue weighted by molar-refractivity contribution is -0.136. The average Bonchev–Trinajstić information content (AvgIpc) is 2.88. The van der Waals surface area contributed by atoms with Crippen LogP contribution in [0.15, 0.2) is 5.38 Å². The highest BCUT2D eigenvalue weighted by atomic mass is 32.1. The summed E-state index contributed by atoms with van der Waals surface area (Å²) in [6.07, 6.45) is 3.75. The first-order valence-electron chi connectivity index (χ1n) is 5.97. The Labute approximate surface area is 106 Å². The monoisotopic (exact) mass is 253 g/mol. The number of thiazole rings is 1. The molecule has 0 unspecified atom stereocenters. The second-order valence-electron chi connectivity index (χ2n) is 4.88. The maximum Gasteiger partial charge on any atom is 0.242 e. The molecule has 2 rings (SSSR count). The number of rotatable bonds is 3. The Bertz CT molecular complexity index is 410. The van der Waals surface area contributed by atoms with Gasteiger partial charge in [0.05, 0.1) is 22.8 Å². The molecule has 1 fully saturated rings. The van der Waals surface area contributed by atoms with Crippen molar-refractivity contribution in [3.63, 3.8) is 0 Å². The normalized spacial score (nSPS) is 18.3. The van der Waals surface area contributed by atoms with Crippen LogP contribution in [0.2, 0.25) is 0 Å². The molecule has 1 heterocycles. The van der Waals surface area contributed by atoms with Crippen molar-refractivity contribution in [3.8, 4) is 0 Å². The Morgan fingerprint density at radius 3 is 2.76 bits per heavy atom. The van der Waals surface area contributed by atoms with Crippen LogP contribution in [0.3, 0.4) is 0 Å². The minimum absolute atomic E-state index is 0.0562. The summed E-state index contributed by atoms with van der Waals surface area (Å²) in [6.45, 7) is 2.53. The smallest absolute Gasteiger partial charge is 0.242 e. The second kappa shape index (κ2) is 4.74. The van der Waals surface area contributed by atoms with Crippen LogP contribution in [0, 0.1) is 6.92 Å². The third-order valence-corrected chi connectivity index (χ3v) is 4.16. The zero-order chi connectivity index (χ0) is 12.5. The summed E-state index contributed by atoms with van der Waals surface area (Å²) in [5.41, 5.74) is 6.48. The lowest BCUT2D eigenvalue weighted by atomic mass is 9.97. The SMILES string of the molecule is Cc1nc(CN(C)C(=O)C2(N)CCCC2)cs1. The molecule has 0 saturated heterocycles. The summed E-state index contributed by atoms with van der Waals surface area (Å²) in [4.78, 5) is 18.3. The molecule has 5 heteroatoms. The number of likely N-dealkylation sites (N-methyl/N-ethyl adjacent to an activating group) is 1. The van der Waals surface area contributed by atoms with E-state index in [1.807, 2.05) is 19.4 Å². The van der Waals surface area contributed by atoms with Crippen LogP contribution in [-0.2, 0) is 11.3 Å². The third kappa shape index (κ3) is 2.66. The molecule has 94 valence electrons. The van der Waals surface area contributed by atoms with Gasteiger partial charge in [-0.15, -0.1) is 11.3 Å². The number of nitrogens with zero attached hydrogens (tertiary/aromatic N) is 2. The zero-order valence-electron chi connectivity index (χ0n) is 10.4. The number of nitrogens with two attached hydrogens (primary N) is 1. The highest BCUT2D eigenvalue weighted by Crippen LogP contribution is 2.29. The minimum Gasteiger partial charge on any atom is -0.338 e. The van der Waals surface area contributed by atoms with Gasteiger partial charge < -0.3 is 10.6 Å². The standard InChI is InChI=1S/C12H19N3OS/c1-9-14-10(8-17-9)7-15(2)11(16)12(13)5-3-4-6-12/h8H,3-7,13H2,1-2H3. The fraction of sp³-hybridized carbons (Fsp3) is 0.667. The van der Waals surface area contributed by atoms with Crippen LogP contribution < -0.4 is 5.73 Å². The summed E-state index contributed by atoms with van der Waals surface area (Å²) in [6, 6.07) is 0. The van der Waals surface area contributed by atoms with Gasteiger partial charge in [-0.25, -0.2) is 4.98 Å². The number of hydrogen-bond acceptors (Lipinski definition) is 4. The zero-order valence-corrected chi connectivity index (χ0v) is 11.2.